The third-order valence-corrected chi connectivity index (χ3v) is 2.14. The number of aromatic hydroxyl groups is 1. The van der Waals surface area contributed by atoms with Gasteiger partial charge in [-0.2, -0.15) is 0 Å². The van der Waals surface area contributed by atoms with Gasteiger partial charge >= 0.3 is 0 Å². The maximum absolute atomic E-state index is 9.57. The maximum Gasteiger partial charge on any atom is 0.122 e. The van der Waals surface area contributed by atoms with E-state index in [0.29, 0.717) is 11.3 Å². The number of phenolic OH excluding ortho intramolecular Hbond substituents is 1. The standard InChI is InChI=1S/C10H15NO3/c1-6-3-9(13)7(8(11)5-12)4-10(6)14-2/h3-4,8,12-13H,5,11H2,1-2H3/t8-/m0/s1. The zero-order chi connectivity index (χ0) is 10.7. The fourth-order valence-electron chi connectivity index (χ4n) is 1.30. The van der Waals surface area contributed by atoms with E-state index in [9.17, 15) is 5.11 Å². The van der Waals surface area contributed by atoms with E-state index < -0.39 is 6.04 Å². The number of nitrogens with two attached hydrogens (primary N) is 1. The molecule has 0 heterocycles. The van der Waals surface area contributed by atoms with Gasteiger partial charge in [-0.3, -0.25) is 0 Å². The normalized spacial score (nSPS) is 12.6. The Morgan fingerprint density at radius 1 is 1.50 bits per heavy atom. The van der Waals surface area contributed by atoms with Crippen molar-refractivity contribution in [3.8, 4) is 11.5 Å². The Labute approximate surface area is 82.9 Å². The van der Waals surface area contributed by atoms with E-state index in [1.165, 1.54) is 0 Å². The van der Waals surface area contributed by atoms with Crippen molar-refractivity contribution in [2.24, 2.45) is 5.73 Å². The molecule has 0 aliphatic carbocycles. The molecule has 0 amide bonds. The quantitative estimate of drug-likeness (QED) is 0.666. The van der Waals surface area contributed by atoms with Crippen molar-refractivity contribution in [1.29, 1.82) is 0 Å². The third kappa shape index (κ3) is 1.97. The van der Waals surface area contributed by atoms with Crippen LogP contribution < -0.4 is 10.5 Å². The number of aliphatic hydroxyl groups excluding tert-OH is 1. The third-order valence-electron chi connectivity index (χ3n) is 2.14. The van der Waals surface area contributed by atoms with Gasteiger partial charge < -0.3 is 20.7 Å². The van der Waals surface area contributed by atoms with Crippen LogP contribution in [0, 0.1) is 6.92 Å². The summed E-state index contributed by atoms with van der Waals surface area (Å²) in [6.07, 6.45) is 0. The summed E-state index contributed by atoms with van der Waals surface area (Å²) >= 11 is 0. The van der Waals surface area contributed by atoms with Crippen LogP contribution >= 0.6 is 0 Å². The lowest BCUT2D eigenvalue weighted by Crippen LogP contribution is -2.14. The molecule has 78 valence electrons. The first-order chi connectivity index (χ1) is 6.60. The summed E-state index contributed by atoms with van der Waals surface area (Å²) in [4.78, 5) is 0. The second-order valence-corrected chi connectivity index (χ2v) is 3.17. The van der Waals surface area contributed by atoms with Gasteiger partial charge in [0.25, 0.3) is 0 Å². The summed E-state index contributed by atoms with van der Waals surface area (Å²) in [5.74, 6) is 0.742. The average molecular weight is 197 g/mol. The molecule has 0 unspecified atom stereocenters. The van der Waals surface area contributed by atoms with Crippen LogP contribution in [0.4, 0.5) is 0 Å². The second kappa shape index (κ2) is 4.30. The van der Waals surface area contributed by atoms with E-state index in [4.69, 9.17) is 15.6 Å². The summed E-state index contributed by atoms with van der Waals surface area (Å²) in [6.45, 7) is 1.62. The highest BCUT2D eigenvalue weighted by Gasteiger charge is 2.12. The summed E-state index contributed by atoms with van der Waals surface area (Å²) in [5.41, 5.74) is 6.93. The van der Waals surface area contributed by atoms with E-state index in [-0.39, 0.29) is 12.4 Å². The lowest BCUT2D eigenvalue weighted by Gasteiger charge is -2.13. The molecule has 0 aromatic heterocycles. The average Bonchev–Trinajstić information content (AvgIpc) is 2.17. The van der Waals surface area contributed by atoms with Gasteiger partial charge in [0.05, 0.1) is 19.8 Å². The van der Waals surface area contributed by atoms with Crippen molar-refractivity contribution in [3.63, 3.8) is 0 Å². The zero-order valence-electron chi connectivity index (χ0n) is 8.32. The Kier molecular flexibility index (Phi) is 3.33. The molecule has 1 atom stereocenters. The number of phenols is 1. The number of ether oxygens (including phenoxy) is 1. The first-order valence-corrected chi connectivity index (χ1v) is 4.34. The molecule has 1 aromatic carbocycles. The maximum atomic E-state index is 9.57. The van der Waals surface area contributed by atoms with Crippen LogP contribution in [0.3, 0.4) is 0 Å². The Balaban J connectivity index is 3.17. The van der Waals surface area contributed by atoms with E-state index in [1.54, 1.807) is 19.2 Å². The smallest absolute Gasteiger partial charge is 0.122 e. The van der Waals surface area contributed by atoms with Crippen molar-refractivity contribution in [2.45, 2.75) is 13.0 Å². The van der Waals surface area contributed by atoms with Gasteiger partial charge in [0, 0.05) is 5.56 Å². The van der Waals surface area contributed by atoms with Crippen LogP contribution in [0.5, 0.6) is 11.5 Å². The minimum absolute atomic E-state index is 0.0878. The summed E-state index contributed by atoms with van der Waals surface area (Å²) in [5, 5.41) is 18.4. The number of benzene rings is 1. The predicted molar refractivity (Wildman–Crippen MR) is 53.4 cm³/mol. The second-order valence-electron chi connectivity index (χ2n) is 3.17. The fourth-order valence-corrected chi connectivity index (χ4v) is 1.30. The minimum atomic E-state index is -0.579. The molecule has 0 saturated carbocycles. The van der Waals surface area contributed by atoms with Gasteiger partial charge in [0.15, 0.2) is 0 Å². The number of rotatable bonds is 3. The minimum Gasteiger partial charge on any atom is -0.508 e. The van der Waals surface area contributed by atoms with Crippen molar-refractivity contribution >= 4 is 0 Å². The molecule has 0 fully saturated rings. The van der Waals surface area contributed by atoms with Crippen LogP contribution in [0.1, 0.15) is 17.2 Å². The van der Waals surface area contributed by atoms with Crippen LogP contribution in [0.15, 0.2) is 12.1 Å². The van der Waals surface area contributed by atoms with Crippen LogP contribution in [0.2, 0.25) is 0 Å². The topological polar surface area (TPSA) is 75.7 Å². The van der Waals surface area contributed by atoms with Crippen molar-refractivity contribution < 1.29 is 14.9 Å². The van der Waals surface area contributed by atoms with Crippen molar-refractivity contribution in [1.82, 2.24) is 0 Å². The van der Waals surface area contributed by atoms with E-state index >= 15 is 0 Å². The van der Waals surface area contributed by atoms with Crippen LogP contribution in [-0.2, 0) is 0 Å². The molecule has 14 heavy (non-hydrogen) atoms. The molecule has 1 rings (SSSR count). The SMILES string of the molecule is COc1cc([C@@H](N)CO)c(O)cc1C. The monoisotopic (exact) mass is 197 g/mol. The van der Waals surface area contributed by atoms with E-state index in [2.05, 4.69) is 0 Å². The Morgan fingerprint density at radius 3 is 2.64 bits per heavy atom. The van der Waals surface area contributed by atoms with E-state index in [1.807, 2.05) is 6.92 Å². The van der Waals surface area contributed by atoms with Gasteiger partial charge in [-0.15, -0.1) is 0 Å². The van der Waals surface area contributed by atoms with Gasteiger partial charge in [-0.1, -0.05) is 0 Å². The molecular formula is C10H15NO3. The highest BCUT2D eigenvalue weighted by atomic mass is 16.5. The van der Waals surface area contributed by atoms with Crippen molar-refractivity contribution in [2.75, 3.05) is 13.7 Å². The largest absolute Gasteiger partial charge is 0.508 e. The van der Waals surface area contributed by atoms with Crippen LogP contribution in [0.25, 0.3) is 0 Å². The van der Waals surface area contributed by atoms with E-state index in [0.717, 1.165) is 5.56 Å². The molecular weight excluding hydrogens is 182 g/mol. The lowest BCUT2D eigenvalue weighted by atomic mass is 10.0. The highest BCUT2D eigenvalue weighted by Crippen LogP contribution is 2.30. The van der Waals surface area contributed by atoms with Gasteiger partial charge in [0.2, 0.25) is 0 Å². The number of hydrogen-bond donors (Lipinski definition) is 3. The van der Waals surface area contributed by atoms with Gasteiger partial charge in [0.1, 0.15) is 11.5 Å². The molecule has 0 saturated heterocycles. The highest BCUT2D eigenvalue weighted by molar-refractivity contribution is 5.46. The molecule has 0 aliphatic rings. The van der Waals surface area contributed by atoms with Crippen LogP contribution in [-0.4, -0.2) is 23.9 Å². The molecule has 4 heteroatoms. The lowest BCUT2D eigenvalue weighted by molar-refractivity contribution is 0.265. The molecule has 1 aromatic rings. The molecule has 4 nitrogen and oxygen atoms in total. The molecule has 0 bridgehead atoms. The summed E-state index contributed by atoms with van der Waals surface area (Å²) < 4.78 is 5.09. The molecule has 0 spiro atoms. The molecule has 0 aliphatic heterocycles. The first-order valence-electron chi connectivity index (χ1n) is 4.34. The Hall–Kier alpha value is -1.26. The number of methoxy groups -OCH3 is 1. The number of aryl methyl sites for hydroxylation is 1. The first kappa shape index (κ1) is 10.8. The number of aliphatic hydroxyl groups is 1. The van der Waals surface area contributed by atoms with Crippen molar-refractivity contribution in [3.05, 3.63) is 23.3 Å². The predicted octanol–water partition coefficient (Wildman–Crippen LogP) is 0.701. The molecule has 0 radical (unpaired) electrons. The molecule has 4 N–H and O–H groups in total. The van der Waals surface area contributed by atoms with Gasteiger partial charge in [-0.05, 0) is 24.6 Å². The summed E-state index contributed by atoms with van der Waals surface area (Å²) in [7, 11) is 1.55. The fraction of sp³-hybridized carbons (Fsp3) is 0.400. The zero-order valence-corrected chi connectivity index (χ0v) is 8.32. The van der Waals surface area contributed by atoms with Gasteiger partial charge in [-0.25, -0.2) is 0 Å². The number of hydrogen-bond acceptors (Lipinski definition) is 4. The summed E-state index contributed by atoms with van der Waals surface area (Å²) in [6, 6.07) is 2.64. The Morgan fingerprint density at radius 2 is 2.14 bits per heavy atom. The Bertz CT molecular complexity index is 325.